The van der Waals surface area contributed by atoms with Crippen LogP contribution in [0.2, 0.25) is 0 Å². The second-order valence-corrected chi connectivity index (χ2v) is 9.52. The Morgan fingerprint density at radius 2 is 1.69 bits per heavy atom. The summed E-state index contributed by atoms with van der Waals surface area (Å²) in [6.07, 6.45) is 13.4. The van der Waals surface area contributed by atoms with E-state index in [0.717, 1.165) is 37.2 Å². The van der Waals surface area contributed by atoms with Gasteiger partial charge in [-0.2, -0.15) is 0 Å². The van der Waals surface area contributed by atoms with E-state index in [1.807, 2.05) is 0 Å². The summed E-state index contributed by atoms with van der Waals surface area (Å²) in [6, 6.07) is 13.1. The topological polar surface area (TPSA) is 29.5 Å². The van der Waals surface area contributed by atoms with Gasteiger partial charge in [-0.25, -0.2) is 0 Å². The Morgan fingerprint density at radius 1 is 0.931 bits per heavy atom. The molecule has 2 aliphatic carbocycles. The zero-order valence-electron chi connectivity index (χ0n) is 17.3. The fraction of sp³-hybridized carbons (Fsp3) is 0.577. The van der Waals surface area contributed by atoms with Gasteiger partial charge < -0.3 is 4.74 Å². The van der Waals surface area contributed by atoms with Crippen molar-refractivity contribution in [1.82, 2.24) is 4.90 Å². The zero-order chi connectivity index (χ0) is 19.6. The van der Waals surface area contributed by atoms with E-state index in [9.17, 15) is 4.79 Å². The van der Waals surface area contributed by atoms with Crippen molar-refractivity contribution < 1.29 is 9.53 Å². The minimum Gasteiger partial charge on any atom is -0.490 e. The highest BCUT2D eigenvalue weighted by atomic mass is 16.5. The lowest BCUT2D eigenvalue weighted by molar-refractivity contribution is 0.112. The molecule has 5 rings (SSSR count). The first-order chi connectivity index (χ1) is 14.3. The fourth-order valence-corrected chi connectivity index (χ4v) is 5.82. The van der Waals surface area contributed by atoms with Gasteiger partial charge in [0.05, 0.1) is 12.0 Å². The highest BCUT2D eigenvalue weighted by molar-refractivity contribution is 5.88. The minimum absolute atomic E-state index is 0.110. The van der Waals surface area contributed by atoms with Gasteiger partial charge >= 0.3 is 0 Å². The van der Waals surface area contributed by atoms with Crippen molar-refractivity contribution in [1.29, 1.82) is 0 Å². The van der Waals surface area contributed by atoms with Gasteiger partial charge in [-0.1, -0.05) is 49.9 Å². The number of fused-ring (bicyclic) bond motifs is 1. The Bertz CT molecular complexity index is 843. The normalized spacial score (nSPS) is 26.5. The molecule has 1 saturated heterocycles. The molecule has 0 bridgehead atoms. The van der Waals surface area contributed by atoms with Crippen LogP contribution in [0.5, 0.6) is 5.75 Å². The van der Waals surface area contributed by atoms with E-state index in [4.69, 9.17) is 4.74 Å². The third-order valence-corrected chi connectivity index (χ3v) is 7.51. The van der Waals surface area contributed by atoms with Crippen LogP contribution in [0.1, 0.15) is 56.9 Å². The Balaban J connectivity index is 1.22. The van der Waals surface area contributed by atoms with Gasteiger partial charge in [0.2, 0.25) is 6.29 Å². The first kappa shape index (κ1) is 19.1. The molecule has 2 saturated carbocycles. The molecule has 3 heteroatoms. The standard InChI is InChI=1S/C26H32NO2/c28-18-20-16-27(17-20)15-19-8-13-25-23(14-19)6-3-7-26(25)29-24-11-9-22(10-12-24)21-4-1-2-5-21/h3,6-8,13-14,20-22,24H,1-2,4-5,9-12,15-17H2/t22-,24-. The van der Waals surface area contributed by atoms with Crippen molar-refractivity contribution in [2.24, 2.45) is 17.8 Å². The molecule has 3 aliphatic rings. The van der Waals surface area contributed by atoms with Gasteiger partial charge in [0, 0.05) is 25.0 Å². The number of carbonyl (C=O) groups excluding carboxylic acids is 1. The lowest BCUT2D eigenvalue weighted by Crippen LogP contribution is -2.46. The lowest BCUT2D eigenvalue weighted by Gasteiger charge is -2.35. The minimum atomic E-state index is 0.110. The fourth-order valence-electron chi connectivity index (χ4n) is 5.82. The van der Waals surface area contributed by atoms with Crippen LogP contribution in [0.25, 0.3) is 10.8 Å². The van der Waals surface area contributed by atoms with Crippen LogP contribution >= 0.6 is 0 Å². The maximum absolute atomic E-state index is 10.7. The Hall–Kier alpha value is -1.87. The van der Waals surface area contributed by atoms with Gasteiger partial charge in [-0.3, -0.25) is 9.69 Å². The zero-order valence-corrected chi connectivity index (χ0v) is 17.3. The van der Waals surface area contributed by atoms with E-state index in [0.29, 0.717) is 6.10 Å². The van der Waals surface area contributed by atoms with E-state index in [1.54, 1.807) is 0 Å². The first-order valence-corrected chi connectivity index (χ1v) is 11.6. The number of hydrogen-bond acceptors (Lipinski definition) is 3. The van der Waals surface area contributed by atoms with E-state index in [2.05, 4.69) is 47.6 Å². The van der Waals surface area contributed by atoms with Crippen molar-refractivity contribution in [3.8, 4) is 5.75 Å². The number of benzene rings is 2. The van der Waals surface area contributed by atoms with E-state index in [-0.39, 0.29) is 5.92 Å². The van der Waals surface area contributed by atoms with Crippen molar-refractivity contribution in [2.75, 3.05) is 13.1 Å². The molecule has 153 valence electrons. The molecule has 0 N–H and O–H groups in total. The SMILES string of the molecule is O=[C]C1CN(Cc2ccc3c(O[C@H]4CC[C@H](C5CCCC5)CC4)cccc3c2)C1. The van der Waals surface area contributed by atoms with Crippen LogP contribution in [0.15, 0.2) is 36.4 Å². The van der Waals surface area contributed by atoms with Crippen molar-refractivity contribution in [2.45, 2.75) is 64.0 Å². The average molecular weight is 391 g/mol. The van der Waals surface area contributed by atoms with Crippen LogP contribution in [-0.2, 0) is 11.3 Å². The molecule has 0 amide bonds. The summed E-state index contributed by atoms with van der Waals surface area (Å²) in [5.41, 5.74) is 1.30. The van der Waals surface area contributed by atoms with E-state index >= 15 is 0 Å². The van der Waals surface area contributed by atoms with Crippen molar-refractivity contribution in [3.05, 3.63) is 42.0 Å². The van der Waals surface area contributed by atoms with Crippen molar-refractivity contribution in [3.63, 3.8) is 0 Å². The van der Waals surface area contributed by atoms with Gasteiger partial charge in [-0.05, 0) is 60.6 Å². The summed E-state index contributed by atoms with van der Waals surface area (Å²) in [4.78, 5) is 13.0. The first-order valence-electron chi connectivity index (χ1n) is 11.6. The van der Waals surface area contributed by atoms with Crippen LogP contribution in [0.4, 0.5) is 0 Å². The Morgan fingerprint density at radius 3 is 2.45 bits per heavy atom. The number of nitrogens with zero attached hydrogens (tertiary/aromatic N) is 1. The van der Waals surface area contributed by atoms with Gasteiger partial charge in [0.25, 0.3) is 0 Å². The van der Waals surface area contributed by atoms with Crippen LogP contribution < -0.4 is 4.74 Å². The summed E-state index contributed by atoms with van der Waals surface area (Å²) in [5, 5.41) is 2.47. The van der Waals surface area contributed by atoms with Gasteiger partial charge in [-0.15, -0.1) is 0 Å². The number of rotatable bonds is 6. The molecule has 3 nitrogen and oxygen atoms in total. The lowest BCUT2D eigenvalue weighted by atomic mass is 9.78. The number of likely N-dealkylation sites (tertiary alicyclic amines) is 1. The predicted octanol–water partition coefficient (Wildman–Crippen LogP) is 5.51. The van der Waals surface area contributed by atoms with Gasteiger partial charge in [0.1, 0.15) is 5.75 Å². The maximum Gasteiger partial charge on any atom is 0.204 e. The molecule has 2 aromatic rings. The Kier molecular flexibility index (Phi) is 5.59. The molecule has 2 aromatic carbocycles. The Labute approximate surface area is 174 Å². The number of hydrogen-bond donors (Lipinski definition) is 0. The molecule has 0 atom stereocenters. The van der Waals surface area contributed by atoms with Crippen LogP contribution in [0.3, 0.4) is 0 Å². The van der Waals surface area contributed by atoms with E-state index in [1.165, 1.54) is 67.7 Å². The molecule has 3 fully saturated rings. The molecule has 29 heavy (non-hydrogen) atoms. The van der Waals surface area contributed by atoms with Crippen LogP contribution in [0, 0.1) is 17.8 Å². The summed E-state index contributed by atoms with van der Waals surface area (Å²) in [7, 11) is 0. The summed E-state index contributed by atoms with van der Waals surface area (Å²) < 4.78 is 6.51. The quantitative estimate of drug-likeness (QED) is 0.651. The summed E-state index contributed by atoms with van der Waals surface area (Å²) in [6.45, 7) is 2.59. The second kappa shape index (κ2) is 8.47. The molecule has 1 heterocycles. The maximum atomic E-state index is 10.7. The predicted molar refractivity (Wildman–Crippen MR) is 117 cm³/mol. The molecular weight excluding hydrogens is 358 g/mol. The number of ether oxygens (including phenoxy) is 1. The van der Waals surface area contributed by atoms with Crippen molar-refractivity contribution >= 4 is 17.1 Å². The monoisotopic (exact) mass is 390 g/mol. The highest BCUT2D eigenvalue weighted by Crippen LogP contribution is 2.40. The second-order valence-electron chi connectivity index (χ2n) is 9.52. The molecular formula is C26H32NO2. The molecule has 0 unspecified atom stereocenters. The molecule has 0 spiro atoms. The van der Waals surface area contributed by atoms with Crippen LogP contribution in [-0.4, -0.2) is 30.4 Å². The summed E-state index contributed by atoms with van der Waals surface area (Å²) >= 11 is 0. The molecule has 0 aromatic heterocycles. The smallest absolute Gasteiger partial charge is 0.204 e. The highest BCUT2D eigenvalue weighted by Gasteiger charge is 2.30. The third kappa shape index (κ3) is 4.21. The molecule has 1 aliphatic heterocycles. The average Bonchev–Trinajstić information content (AvgIpc) is 3.26. The van der Waals surface area contributed by atoms with E-state index < -0.39 is 0 Å². The third-order valence-electron chi connectivity index (χ3n) is 7.51. The summed E-state index contributed by atoms with van der Waals surface area (Å²) in [5.74, 6) is 3.10. The molecule has 1 radical (unpaired) electrons. The van der Waals surface area contributed by atoms with Gasteiger partial charge in [0.15, 0.2) is 0 Å². The largest absolute Gasteiger partial charge is 0.490 e.